The molecular weight excluding hydrogens is 340 g/mol. The van der Waals surface area contributed by atoms with Crippen LogP contribution in [0.3, 0.4) is 0 Å². The van der Waals surface area contributed by atoms with Gasteiger partial charge >= 0.3 is 6.03 Å². The molecule has 6 nitrogen and oxygen atoms in total. The fraction of sp³-hybridized carbons (Fsp3) is 0.619. The highest BCUT2D eigenvalue weighted by Gasteiger charge is 2.43. The molecular formula is C21H30N4O2. The molecule has 2 atom stereocenters. The largest absolute Gasteiger partial charge is 0.344 e. The number of carbonyl (C=O) groups excluding carboxylic acids is 2. The van der Waals surface area contributed by atoms with E-state index in [1.165, 1.54) is 18.4 Å². The van der Waals surface area contributed by atoms with Crippen LogP contribution in [0.2, 0.25) is 0 Å². The van der Waals surface area contributed by atoms with Crippen LogP contribution in [0.15, 0.2) is 30.3 Å². The van der Waals surface area contributed by atoms with E-state index in [9.17, 15) is 9.59 Å². The number of likely N-dealkylation sites (N-methyl/N-ethyl adjacent to an activating group) is 1. The first-order valence-electron chi connectivity index (χ1n) is 10.1. The van der Waals surface area contributed by atoms with Crippen molar-refractivity contribution in [3.63, 3.8) is 0 Å². The van der Waals surface area contributed by atoms with Gasteiger partial charge in [-0.05, 0) is 31.4 Å². The average molecular weight is 370 g/mol. The molecule has 2 unspecified atom stereocenters. The van der Waals surface area contributed by atoms with Crippen LogP contribution in [-0.2, 0) is 11.3 Å². The normalized spacial score (nSPS) is 28.9. The van der Waals surface area contributed by atoms with Gasteiger partial charge in [-0.1, -0.05) is 30.3 Å². The number of carbonyl (C=O) groups is 2. The highest BCUT2D eigenvalue weighted by Crippen LogP contribution is 2.39. The Kier molecular flexibility index (Phi) is 5.08. The number of urea groups is 1. The topological polar surface area (TPSA) is 55.9 Å². The van der Waals surface area contributed by atoms with Crippen molar-refractivity contribution in [1.82, 2.24) is 20.0 Å². The quantitative estimate of drug-likeness (QED) is 0.884. The zero-order chi connectivity index (χ0) is 18.9. The third-order valence-corrected chi connectivity index (χ3v) is 6.38. The van der Waals surface area contributed by atoms with E-state index in [1.54, 1.807) is 11.9 Å². The lowest BCUT2D eigenvalue weighted by atomic mass is 9.79. The third kappa shape index (κ3) is 4.10. The summed E-state index contributed by atoms with van der Waals surface area (Å²) >= 11 is 0. The third-order valence-electron chi connectivity index (χ3n) is 6.38. The van der Waals surface area contributed by atoms with Gasteiger partial charge in [0.2, 0.25) is 5.91 Å². The van der Waals surface area contributed by atoms with Gasteiger partial charge in [0.15, 0.2) is 0 Å². The summed E-state index contributed by atoms with van der Waals surface area (Å²) in [5, 5.41) is 3.07. The number of amides is 3. The van der Waals surface area contributed by atoms with Crippen LogP contribution >= 0.6 is 0 Å². The van der Waals surface area contributed by atoms with Crippen molar-refractivity contribution in [2.24, 2.45) is 5.41 Å². The molecule has 1 spiro atoms. The minimum atomic E-state index is -0.0486. The average Bonchev–Trinajstić information content (AvgIpc) is 3.19. The van der Waals surface area contributed by atoms with Crippen molar-refractivity contribution >= 4 is 11.9 Å². The molecule has 3 amide bonds. The number of likely N-dealkylation sites (tertiary alicyclic amines) is 3. The van der Waals surface area contributed by atoms with Gasteiger partial charge in [0.1, 0.15) is 0 Å². The Balaban J connectivity index is 1.32. The molecule has 1 aromatic carbocycles. The van der Waals surface area contributed by atoms with Crippen molar-refractivity contribution in [1.29, 1.82) is 0 Å². The van der Waals surface area contributed by atoms with Crippen molar-refractivity contribution < 1.29 is 9.59 Å². The van der Waals surface area contributed by atoms with Crippen LogP contribution in [0.25, 0.3) is 0 Å². The van der Waals surface area contributed by atoms with Crippen molar-refractivity contribution in [3.05, 3.63) is 35.9 Å². The number of benzene rings is 1. The molecule has 3 aliphatic rings. The Morgan fingerprint density at radius 3 is 2.74 bits per heavy atom. The maximum atomic E-state index is 12.7. The smallest absolute Gasteiger partial charge is 0.317 e. The summed E-state index contributed by atoms with van der Waals surface area (Å²) in [5.74, 6) is 0.113. The van der Waals surface area contributed by atoms with E-state index in [0.717, 1.165) is 39.1 Å². The van der Waals surface area contributed by atoms with Crippen LogP contribution in [0.1, 0.15) is 31.2 Å². The first kappa shape index (κ1) is 18.3. The molecule has 0 aromatic heterocycles. The van der Waals surface area contributed by atoms with Gasteiger partial charge in [0.05, 0.1) is 6.04 Å². The van der Waals surface area contributed by atoms with Crippen LogP contribution in [0.4, 0.5) is 4.79 Å². The number of hydrogen-bond acceptors (Lipinski definition) is 3. The molecule has 146 valence electrons. The van der Waals surface area contributed by atoms with Gasteiger partial charge in [-0.25, -0.2) is 4.79 Å². The summed E-state index contributed by atoms with van der Waals surface area (Å²) in [6.07, 6.45) is 3.90. The molecule has 1 aromatic rings. The van der Waals surface area contributed by atoms with Gasteiger partial charge in [-0.15, -0.1) is 0 Å². The second kappa shape index (κ2) is 7.50. The van der Waals surface area contributed by atoms with E-state index < -0.39 is 0 Å². The molecule has 0 radical (unpaired) electrons. The number of rotatable bonds is 3. The van der Waals surface area contributed by atoms with Gasteiger partial charge in [-0.3, -0.25) is 9.69 Å². The molecule has 3 fully saturated rings. The predicted octanol–water partition coefficient (Wildman–Crippen LogP) is 1.91. The monoisotopic (exact) mass is 370 g/mol. The molecule has 3 aliphatic heterocycles. The van der Waals surface area contributed by atoms with Crippen molar-refractivity contribution in [2.75, 3.05) is 39.8 Å². The maximum Gasteiger partial charge on any atom is 0.317 e. The summed E-state index contributed by atoms with van der Waals surface area (Å²) in [7, 11) is 1.79. The minimum absolute atomic E-state index is 0.000146. The maximum absolute atomic E-state index is 12.7. The SMILES string of the molecule is CN1CC(NC(=O)N2CCC3(CCCN(Cc4ccccc4)C3)C2)CC1=O. The Morgan fingerprint density at radius 2 is 2.00 bits per heavy atom. The molecule has 1 N–H and O–H groups in total. The van der Waals surface area contributed by atoms with Crippen LogP contribution in [0, 0.1) is 5.41 Å². The van der Waals surface area contributed by atoms with E-state index in [4.69, 9.17) is 0 Å². The number of nitrogens with zero attached hydrogens (tertiary/aromatic N) is 3. The van der Waals surface area contributed by atoms with Crippen molar-refractivity contribution in [3.8, 4) is 0 Å². The standard InChI is InChI=1S/C21H30N4O2/c1-23-14-18(12-19(23)26)22-20(27)25-11-9-21(16-25)8-5-10-24(15-21)13-17-6-3-2-4-7-17/h2-4,6-7,18H,5,8-16H2,1H3,(H,22,27). The van der Waals surface area contributed by atoms with Crippen LogP contribution < -0.4 is 5.32 Å². The second-order valence-corrected chi connectivity index (χ2v) is 8.60. The predicted molar refractivity (Wildman–Crippen MR) is 104 cm³/mol. The Labute approximate surface area is 161 Å². The molecule has 0 bridgehead atoms. The lowest BCUT2D eigenvalue weighted by molar-refractivity contribution is -0.126. The van der Waals surface area contributed by atoms with Crippen molar-refractivity contribution in [2.45, 2.75) is 38.3 Å². The summed E-state index contributed by atoms with van der Waals surface area (Å²) in [5.41, 5.74) is 1.59. The molecule has 4 rings (SSSR count). The van der Waals surface area contributed by atoms with Crippen LogP contribution in [0.5, 0.6) is 0 Å². The summed E-state index contributed by atoms with van der Waals surface area (Å²) in [6, 6.07) is 10.6. The molecule has 6 heteroatoms. The first-order chi connectivity index (χ1) is 13.0. The van der Waals surface area contributed by atoms with E-state index in [2.05, 4.69) is 40.5 Å². The highest BCUT2D eigenvalue weighted by atomic mass is 16.2. The van der Waals surface area contributed by atoms with E-state index in [1.807, 2.05) is 4.90 Å². The van der Waals surface area contributed by atoms with Gasteiger partial charge in [0, 0.05) is 51.6 Å². The molecule has 3 saturated heterocycles. The second-order valence-electron chi connectivity index (χ2n) is 8.60. The Morgan fingerprint density at radius 1 is 1.19 bits per heavy atom. The van der Waals surface area contributed by atoms with Gasteiger partial charge < -0.3 is 15.1 Å². The number of piperidine rings is 1. The van der Waals surface area contributed by atoms with Crippen LogP contribution in [-0.4, -0.2) is 72.5 Å². The van der Waals surface area contributed by atoms with Gasteiger partial charge in [-0.2, -0.15) is 0 Å². The fourth-order valence-corrected chi connectivity index (χ4v) is 4.95. The Bertz CT molecular complexity index is 695. The summed E-state index contributed by atoms with van der Waals surface area (Å²) < 4.78 is 0. The fourth-order valence-electron chi connectivity index (χ4n) is 4.95. The number of hydrogen-bond donors (Lipinski definition) is 1. The Hall–Kier alpha value is -2.08. The molecule has 27 heavy (non-hydrogen) atoms. The van der Waals surface area contributed by atoms with E-state index in [0.29, 0.717) is 13.0 Å². The minimum Gasteiger partial charge on any atom is -0.344 e. The lowest BCUT2D eigenvalue weighted by Crippen LogP contribution is -2.48. The zero-order valence-corrected chi connectivity index (χ0v) is 16.2. The first-order valence-corrected chi connectivity index (χ1v) is 10.1. The van der Waals surface area contributed by atoms with E-state index >= 15 is 0 Å². The molecule has 0 aliphatic carbocycles. The highest BCUT2D eigenvalue weighted by molar-refractivity contribution is 5.81. The summed E-state index contributed by atoms with van der Waals surface area (Å²) in [4.78, 5) is 30.6. The molecule has 0 saturated carbocycles. The lowest BCUT2D eigenvalue weighted by Gasteiger charge is -2.40. The number of nitrogens with one attached hydrogen (secondary N) is 1. The summed E-state index contributed by atoms with van der Waals surface area (Å²) in [6.45, 7) is 5.47. The van der Waals surface area contributed by atoms with E-state index in [-0.39, 0.29) is 23.4 Å². The zero-order valence-electron chi connectivity index (χ0n) is 16.2. The van der Waals surface area contributed by atoms with Gasteiger partial charge in [0.25, 0.3) is 0 Å². The molecule has 3 heterocycles.